The number of rotatable bonds is 4. The van der Waals surface area contributed by atoms with E-state index in [1.54, 1.807) is 0 Å². The van der Waals surface area contributed by atoms with Gasteiger partial charge in [-0.1, -0.05) is 29.8 Å². The summed E-state index contributed by atoms with van der Waals surface area (Å²) in [6, 6.07) is 13.4. The van der Waals surface area contributed by atoms with Gasteiger partial charge in [0, 0.05) is 11.6 Å². The number of para-hydroxylation sites is 1. The lowest BCUT2D eigenvalue weighted by Gasteiger charge is -2.14. The van der Waals surface area contributed by atoms with Crippen molar-refractivity contribution in [2.45, 2.75) is 13.1 Å². The van der Waals surface area contributed by atoms with Crippen molar-refractivity contribution in [1.29, 1.82) is 0 Å². The van der Waals surface area contributed by atoms with Crippen LogP contribution in [0.5, 0.6) is 0 Å². The average Bonchev–Trinajstić information content (AvgIpc) is 2.82. The summed E-state index contributed by atoms with van der Waals surface area (Å²) in [5, 5.41) is 0.746. The molecule has 3 aromatic rings. The molecule has 3 rings (SSSR count). The van der Waals surface area contributed by atoms with E-state index in [0.29, 0.717) is 18.1 Å². The number of fused-ring (bicyclic) bond motifs is 1. The zero-order chi connectivity index (χ0) is 14.8. The van der Waals surface area contributed by atoms with Crippen molar-refractivity contribution in [3.05, 3.63) is 58.9 Å². The molecule has 2 aromatic carbocycles. The summed E-state index contributed by atoms with van der Waals surface area (Å²) in [4.78, 5) is 6.57. The highest BCUT2D eigenvalue weighted by Crippen LogP contribution is 2.22. The second-order valence-corrected chi connectivity index (χ2v) is 5.54. The average molecular weight is 302 g/mol. The fraction of sp³-hybridized carbons (Fsp3) is 0.188. The molecule has 0 saturated carbocycles. The molecule has 1 heterocycles. The topological polar surface area (TPSA) is 55.3 Å². The highest BCUT2D eigenvalue weighted by molar-refractivity contribution is 6.30. The normalized spacial score (nSPS) is 11.4. The molecule has 0 amide bonds. The monoisotopic (exact) mass is 301 g/mol. The molecule has 0 aliphatic rings. The molecule has 2 N–H and O–H groups in total. The predicted molar refractivity (Wildman–Crippen MR) is 85.0 cm³/mol. The lowest BCUT2D eigenvalue weighted by Crippen LogP contribution is -2.17. The summed E-state index contributed by atoms with van der Waals surface area (Å²) in [6.45, 7) is 1.38. The van der Waals surface area contributed by atoms with Crippen molar-refractivity contribution in [1.82, 2.24) is 9.88 Å². The highest BCUT2D eigenvalue weighted by Gasteiger charge is 2.10. The van der Waals surface area contributed by atoms with Gasteiger partial charge in [-0.15, -0.1) is 0 Å². The van der Waals surface area contributed by atoms with Crippen LogP contribution in [0.25, 0.3) is 11.1 Å². The predicted octanol–water partition coefficient (Wildman–Crippen LogP) is 3.70. The summed E-state index contributed by atoms with van der Waals surface area (Å²) >= 11 is 6.00. The molecule has 0 unspecified atom stereocenters. The van der Waals surface area contributed by atoms with E-state index >= 15 is 0 Å². The Morgan fingerprint density at radius 1 is 1.19 bits per heavy atom. The van der Waals surface area contributed by atoms with Gasteiger partial charge >= 0.3 is 0 Å². The Morgan fingerprint density at radius 2 is 2.00 bits per heavy atom. The van der Waals surface area contributed by atoms with Crippen LogP contribution in [0.4, 0.5) is 5.69 Å². The van der Waals surface area contributed by atoms with Gasteiger partial charge in [0.2, 0.25) is 5.89 Å². The molecule has 108 valence electrons. The summed E-state index contributed by atoms with van der Waals surface area (Å²) < 4.78 is 5.72. The Morgan fingerprint density at radius 3 is 2.76 bits per heavy atom. The zero-order valence-electron chi connectivity index (χ0n) is 11.7. The maximum Gasteiger partial charge on any atom is 0.209 e. The standard InChI is InChI=1S/C16H16ClN3O/c1-20(9-11-4-2-5-12(17)8-11)10-15-19-16-13(18)6-3-7-14(16)21-15/h2-8H,9-10,18H2,1H3. The number of halogens is 1. The third-order valence-corrected chi connectivity index (χ3v) is 3.48. The molecular formula is C16H16ClN3O. The minimum Gasteiger partial charge on any atom is -0.439 e. The molecular weight excluding hydrogens is 286 g/mol. The molecule has 4 nitrogen and oxygen atoms in total. The number of oxazole rings is 1. The number of nitrogens with two attached hydrogens (primary N) is 1. The molecule has 0 aliphatic heterocycles. The van der Waals surface area contributed by atoms with E-state index in [9.17, 15) is 0 Å². The van der Waals surface area contributed by atoms with Crippen molar-refractivity contribution in [3.63, 3.8) is 0 Å². The SMILES string of the molecule is CN(Cc1cccc(Cl)c1)Cc1nc2c(N)cccc2o1. The van der Waals surface area contributed by atoms with Crippen LogP contribution in [0, 0.1) is 0 Å². The Balaban J connectivity index is 1.74. The minimum atomic E-state index is 0.612. The van der Waals surface area contributed by atoms with Gasteiger partial charge in [0.25, 0.3) is 0 Å². The van der Waals surface area contributed by atoms with E-state index in [-0.39, 0.29) is 0 Å². The smallest absolute Gasteiger partial charge is 0.209 e. The molecule has 0 bridgehead atoms. The number of aromatic nitrogens is 1. The fourth-order valence-corrected chi connectivity index (χ4v) is 2.53. The lowest BCUT2D eigenvalue weighted by molar-refractivity contribution is 0.285. The van der Waals surface area contributed by atoms with Crippen LogP contribution in [0.15, 0.2) is 46.9 Å². The summed E-state index contributed by atoms with van der Waals surface area (Å²) in [5.74, 6) is 0.660. The van der Waals surface area contributed by atoms with Gasteiger partial charge in [0.1, 0.15) is 5.52 Å². The number of hydrogen-bond acceptors (Lipinski definition) is 4. The zero-order valence-corrected chi connectivity index (χ0v) is 12.5. The first-order valence-electron chi connectivity index (χ1n) is 6.69. The van der Waals surface area contributed by atoms with Gasteiger partial charge in [0.15, 0.2) is 5.58 Å². The van der Waals surface area contributed by atoms with Gasteiger partial charge in [-0.05, 0) is 36.9 Å². The number of hydrogen-bond donors (Lipinski definition) is 1. The molecule has 0 radical (unpaired) electrons. The lowest BCUT2D eigenvalue weighted by atomic mass is 10.2. The van der Waals surface area contributed by atoms with E-state index < -0.39 is 0 Å². The van der Waals surface area contributed by atoms with Crippen molar-refractivity contribution in [2.75, 3.05) is 12.8 Å². The molecule has 1 aromatic heterocycles. The third-order valence-electron chi connectivity index (χ3n) is 3.24. The van der Waals surface area contributed by atoms with Crippen LogP contribution in [0.2, 0.25) is 5.02 Å². The van der Waals surface area contributed by atoms with E-state index in [1.165, 1.54) is 0 Å². The second kappa shape index (κ2) is 5.76. The van der Waals surface area contributed by atoms with E-state index in [4.69, 9.17) is 21.8 Å². The van der Waals surface area contributed by atoms with Gasteiger partial charge in [-0.3, -0.25) is 4.90 Å². The largest absolute Gasteiger partial charge is 0.439 e. The van der Waals surface area contributed by atoms with Crippen LogP contribution in [-0.4, -0.2) is 16.9 Å². The number of nitrogen functional groups attached to an aromatic ring is 1. The first-order valence-corrected chi connectivity index (χ1v) is 7.06. The Labute approximate surface area is 128 Å². The maximum atomic E-state index is 6.00. The Kier molecular flexibility index (Phi) is 3.82. The van der Waals surface area contributed by atoms with Crippen LogP contribution in [0.3, 0.4) is 0 Å². The van der Waals surface area contributed by atoms with Crippen molar-refractivity contribution in [2.24, 2.45) is 0 Å². The molecule has 0 fully saturated rings. The first-order chi connectivity index (χ1) is 10.1. The van der Waals surface area contributed by atoms with Gasteiger partial charge in [-0.25, -0.2) is 4.98 Å². The van der Waals surface area contributed by atoms with Crippen LogP contribution in [0.1, 0.15) is 11.5 Å². The molecule has 0 atom stereocenters. The fourth-order valence-electron chi connectivity index (χ4n) is 2.32. The second-order valence-electron chi connectivity index (χ2n) is 5.10. The Hall–Kier alpha value is -2.04. The van der Waals surface area contributed by atoms with Crippen LogP contribution < -0.4 is 5.73 Å². The molecule has 21 heavy (non-hydrogen) atoms. The maximum absolute atomic E-state index is 6.00. The Bertz CT molecular complexity index is 769. The number of nitrogens with zero attached hydrogens (tertiary/aromatic N) is 2. The summed E-state index contributed by atoms with van der Waals surface area (Å²) in [7, 11) is 2.01. The molecule has 5 heteroatoms. The van der Waals surface area contributed by atoms with E-state index in [2.05, 4.69) is 9.88 Å². The van der Waals surface area contributed by atoms with Gasteiger partial charge < -0.3 is 10.2 Å². The van der Waals surface area contributed by atoms with Crippen molar-refractivity contribution < 1.29 is 4.42 Å². The highest BCUT2D eigenvalue weighted by atomic mass is 35.5. The first kappa shape index (κ1) is 13.9. The van der Waals surface area contributed by atoms with Crippen LogP contribution >= 0.6 is 11.6 Å². The van der Waals surface area contributed by atoms with Crippen LogP contribution in [-0.2, 0) is 13.1 Å². The van der Waals surface area contributed by atoms with E-state index in [0.717, 1.165) is 28.2 Å². The summed E-state index contributed by atoms with van der Waals surface area (Å²) in [5.41, 5.74) is 9.13. The van der Waals surface area contributed by atoms with Gasteiger partial charge in [-0.2, -0.15) is 0 Å². The summed E-state index contributed by atoms with van der Waals surface area (Å²) in [6.07, 6.45) is 0. The number of anilines is 1. The number of benzene rings is 2. The molecule has 0 saturated heterocycles. The van der Waals surface area contributed by atoms with Gasteiger partial charge in [0.05, 0.1) is 12.2 Å². The minimum absolute atomic E-state index is 0.612. The molecule has 0 spiro atoms. The van der Waals surface area contributed by atoms with Crippen molar-refractivity contribution >= 4 is 28.4 Å². The van der Waals surface area contributed by atoms with Crippen molar-refractivity contribution in [3.8, 4) is 0 Å². The third kappa shape index (κ3) is 3.17. The quantitative estimate of drug-likeness (QED) is 0.747. The molecule has 0 aliphatic carbocycles. The van der Waals surface area contributed by atoms with E-state index in [1.807, 2.05) is 49.5 Å².